The van der Waals surface area contributed by atoms with Crippen molar-refractivity contribution in [3.05, 3.63) is 71.5 Å². The number of halogens is 1. The van der Waals surface area contributed by atoms with Crippen LogP contribution in [0.3, 0.4) is 0 Å². The van der Waals surface area contributed by atoms with Crippen molar-refractivity contribution >= 4 is 40.8 Å². The first kappa shape index (κ1) is 23.2. The van der Waals surface area contributed by atoms with Crippen LogP contribution in [0.15, 0.2) is 66.0 Å². The van der Waals surface area contributed by atoms with E-state index in [1.165, 1.54) is 18.1 Å². The lowest BCUT2D eigenvalue weighted by atomic mass is 10.2. The maximum atomic E-state index is 12.8. The summed E-state index contributed by atoms with van der Waals surface area (Å²) in [6.45, 7) is 3.49. The van der Waals surface area contributed by atoms with E-state index in [1.54, 1.807) is 7.11 Å². The minimum Gasteiger partial charge on any atom is -0.495 e. The number of benzene rings is 2. The number of methoxy groups -OCH3 is 1. The maximum Gasteiger partial charge on any atom is 0.233 e. The monoisotopic (exact) mass is 483 g/mol. The van der Waals surface area contributed by atoms with E-state index in [2.05, 4.69) is 26.3 Å². The zero-order valence-electron chi connectivity index (χ0n) is 18.4. The second-order valence-electron chi connectivity index (χ2n) is 7.51. The van der Waals surface area contributed by atoms with Gasteiger partial charge in [-0.1, -0.05) is 53.7 Å². The molecule has 0 aliphatic carbocycles. The normalized spacial score (nSPS) is 13.6. The van der Waals surface area contributed by atoms with Gasteiger partial charge in [0.2, 0.25) is 5.91 Å². The van der Waals surface area contributed by atoms with Crippen LogP contribution in [0.2, 0.25) is 5.02 Å². The first-order valence-electron chi connectivity index (χ1n) is 10.7. The van der Waals surface area contributed by atoms with Crippen LogP contribution in [-0.4, -0.2) is 59.8 Å². The second-order valence-corrected chi connectivity index (χ2v) is 8.92. The van der Waals surface area contributed by atoms with E-state index in [9.17, 15) is 4.79 Å². The Morgan fingerprint density at radius 3 is 2.64 bits per heavy atom. The van der Waals surface area contributed by atoms with Crippen LogP contribution in [0.1, 0.15) is 5.56 Å². The van der Waals surface area contributed by atoms with Crippen LogP contribution < -0.4 is 15.0 Å². The van der Waals surface area contributed by atoms with E-state index in [1.807, 2.05) is 53.4 Å². The number of hydrogen-bond acceptors (Lipinski definition) is 7. The van der Waals surface area contributed by atoms with E-state index in [0.29, 0.717) is 36.2 Å². The van der Waals surface area contributed by atoms with Crippen LogP contribution in [0.4, 0.5) is 11.5 Å². The number of anilines is 2. The lowest BCUT2D eigenvalue weighted by Gasteiger charge is -2.36. The summed E-state index contributed by atoms with van der Waals surface area (Å²) in [5, 5.41) is 4.73. The predicted molar refractivity (Wildman–Crippen MR) is 133 cm³/mol. The molecule has 2 aromatic carbocycles. The number of nitrogens with one attached hydrogen (secondary N) is 1. The molecular weight excluding hydrogens is 458 g/mol. The van der Waals surface area contributed by atoms with Gasteiger partial charge in [-0.25, -0.2) is 9.97 Å². The van der Waals surface area contributed by atoms with Gasteiger partial charge in [0.05, 0.1) is 18.6 Å². The number of thioether (sulfide) groups is 1. The Labute approximate surface area is 203 Å². The molecule has 1 fully saturated rings. The number of rotatable bonds is 8. The molecule has 1 aliphatic heterocycles. The summed E-state index contributed by atoms with van der Waals surface area (Å²) in [7, 11) is 1.68. The number of aromatic nitrogens is 2. The molecule has 0 spiro atoms. The highest BCUT2D eigenvalue weighted by Crippen LogP contribution is 2.28. The lowest BCUT2D eigenvalue weighted by molar-refractivity contribution is -0.128. The molecule has 1 aliphatic rings. The van der Waals surface area contributed by atoms with Gasteiger partial charge in [0, 0.05) is 43.8 Å². The highest BCUT2D eigenvalue weighted by molar-refractivity contribution is 7.99. The fourth-order valence-electron chi connectivity index (χ4n) is 3.66. The van der Waals surface area contributed by atoms with Crippen molar-refractivity contribution in [3.63, 3.8) is 0 Å². The topological polar surface area (TPSA) is 70.6 Å². The smallest absolute Gasteiger partial charge is 0.233 e. The van der Waals surface area contributed by atoms with Gasteiger partial charge in [-0.15, -0.1) is 0 Å². The Hall–Kier alpha value is -2.97. The maximum absolute atomic E-state index is 12.8. The molecule has 7 nitrogen and oxygen atoms in total. The zero-order chi connectivity index (χ0) is 23.0. The van der Waals surface area contributed by atoms with Crippen LogP contribution in [0.5, 0.6) is 5.75 Å². The number of ether oxygens (including phenoxy) is 1. The molecule has 172 valence electrons. The Morgan fingerprint density at radius 1 is 1.09 bits per heavy atom. The highest BCUT2D eigenvalue weighted by Gasteiger charge is 2.23. The van der Waals surface area contributed by atoms with Gasteiger partial charge in [-0.2, -0.15) is 0 Å². The minimum absolute atomic E-state index is 0.115. The molecule has 0 saturated carbocycles. The standard InChI is InChI=1S/C24H26ClN5O2S/c1-32-21-9-5-4-8-20(21)29-10-12-30(13-11-29)24(31)16-33-23-14-22(27-17-28-23)26-15-18-6-2-3-7-19(18)25/h2-9,14,17H,10-13,15-16H2,1H3,(H,26,27,28). The molecule has 4 rings (SSSR count). The molecule has 0 radical (unpaired) electrons. The molecule has 0 unspecified atom stereocenters. The summed E-state index contributed by atoms with van der Waals surface area (Å²) < 4.78 is 5.47. The van der Waals surface area contributed by atoms with E-state index >= 15 is 0 Å². The van der Waals surface area contributed by atoms with Crippen molar-refractivity contribution in [1.82, 2.24) is 14.9 Å². The summed E-state index contributed by atoms with van der Waals surface area (Å²) in [4.78, 5) is 25.5. The number of para-hydroxylation sites is 2. The third kappa shape index (κ3) is 6.09. The molecule has 1 amide bonds. The van der Waals surface area contributed by atoms with Gasteiger partial charge >= 0.3 is 0 Å². The fourth-order valence-corrected chi connectivity index (χ4v) is 4.63. The van der Waals surface area contributed by atoms with E-state index in [0.717, 1.165) is 35.1 Å². The molecular formula is C24H26ClN5O2S. The molecule has 2 heterocycles. The Balaban J connectivity index is 1.26. The van der Waals surface area contributed by atoms with Gasteiger partial charge in [0.15, 0.2) is 0 Å². The van der Waals surface area contributed by atoms with Crippen LogP contribution in [-0.2, 0) is 11.3 Å². The molecule has 9 heteroatoms. The SMILES string of the molecule is COc1ccccc1N1CCN(C(=O)CSc2cc(NCc3ccccc3Cl)ncn2)CC1. The molecule has 33 heavy (non-hydrogen) atoms. The number of nitrogens with zero attached hydrogens (tertiary/aromatic N) is 4. The average Bonchev–Trinajstić information content (AvgIpc) is 2.87. The summed E-state index contributed by atoms with van der Waals surface area (Å²) in [6, 6.07) is 17.5. The number of piperazine rings is 1. The third-order valence-corrected chi connectivity index (χ3v) is 6.74. The molecule has 0 bridgehead atoms. The third-order valence-electron chi connectivity index (χ3n) is 5.46. The van der Waals surface area contributed by atoms with Crippen LogP contribution >= 0.6 is 23.4 Å². The largest absolute Gasteiger partial charge is 0.495 e. The van der Waals surface area contributed by atoms with Gasteiger partial charge in [0.1, 0.15) is 22.9 Å². The van der Waals surface area contributed by atoms with Gasteiger partial charge in [-0.05, 0) is 23.8 Å². The number of carbonyl (C=O) groups excluding carboxylic acids is 1. The zero-order valence-corrected chi connectivity index (χ0v) is 20.0. The van der Waals surface area contributed by atoms with Crippen LogP contribution in [0.25, 0.3) is 0 Å². The van der Waals surface area contributed by atoms with Gasteiger partial charge < -0.3 is 19.9 Å². The van der Waals surface area contributed by atoms with Crippen molar-refractivity contribution in [1.29, 1.82) is 0 Å². The summed E-state index contributed by atoms with van der Waals surface area (Å²) in [6.07, 6.45) is 1.51. The molecule has 0 atom stereocenters. The summed E-state index contributed by atoms with van der Waals surface area (Å²) >= 11 is 7.63. The van der Waals surface area contributed by atoms with Crippen molar-refractivity contribution in [2.24, 2.45) is 0 Å². The van der Waals surface area contributed by atoms with E-state index in [4.69, 9.17) is 16.3 Å². The quantitative estimate of drug-likeness (QED) is 0.380. The summed E-state index contributed by atoms with van der Waals surface area (Å²) in [5.41, 5.74) is 2.06. The molecule has 1 aromatic heterocycles. The number of amides is 1. The molecule has 1 N–H and O–H groups in total. The minimum atomic E-state index is 0.115. The molecule has 3 aromatic rings. The van der Waals surface area contributed by atoms with Crippen molar-refractivity contribution in [3.8, 4) is 5.75 Å². The average molecular weight is 484 g/mol. The first-order chi connectivity index (χ1) is 16.1. The van der Waals surface area contributed by atoms with Crippen molar-refractivity contribution in [2.75, 3.05) is 49.3 Å². The molecule has 1 saturated heterocycles. The predicted octanol–water partition coefficient (Wildman–Crippen LogP) is 4.19. The first-order valence-corrected chi connectivity index (χ1v) is 12.1. The Kier molecular flexibility index (Phi) is 7.91. The second kappa shape index (κ2) is 11.2. The highest BCUT2D eigenvalue weighted by atomic mass is 35.5. The van der Waals surface area contributed by atoms with Crippen molar-refractivity contribution < 1.29 is 9.53 Å². The number of carbonyl (C=O) groups is 1. The van der Waals surface area contributed by atoms with Gasteiger partial charge in [-0.3, -0.25) is 4.79 Å². The van der Waals surface area contributed by atoms with Crippen LogP contribution in [0, 0.1) is 0 Å². The summed E-state index contributed by atoms with van der Waals surface area (Å²) in [5.74, 6) is 2.01. The van der Waals surface area contributed by atoms with Gasteiger partial charge in [0.25, 0.3) is 0 Å². The lowest BCUT2D eigenvalue weighted by Crippen LogP contribution is -2.49. The fraction of sp³-hybridized carbons (Fsp3) is 0.292. The van der Waals surface area contributed by atoms with Crippen molar-refractivity contribution in [2.45, 2.75) is 11.6 Å². The Bertz CT molecular complexity index is 1090. The van der Waals surface area contributed by atoms with E-state index < -0.39 is 0 Å². The van der Waals surface area contributed by atoms with E-state index in [-0.39, 0.29) is 5.91 Å². The number of hydrogen-bond donors (Lipinski definition) is 1. The Morgan fingerprint density at radius 2 is 1.85 bits per heavy atom.